The standard InChI is InChI=1S/C12H12BrN3OS/c13-11-3-1-10(18-11)2-4-12(17)15-6-5-9-7-14-8-16-9/h1-4,7-8H,5-6H2,(H,14,16)(H,15,17). The fourth-order valence-corrected chi connectivity index (χ4v) is 2.70. The number of halogens is 1. The van der Waals surface area contributed by atoms with Gasteiger partial charge in [0.25, 0.3) is 0 Å². The fourth-order valence-electron chi connectivity index (χ4n) is 1.38. The van der Waals surface area contributed by atoms with E-state index in [9.17, 15) is 4.79 Å². The molecule has 2 N–H and O–H groups in total. The van der Waals surface area contributed by atoms with Crippen molar-refractivity contribution in [1.82, 2.24) is 15.3 Å². The predicted molar refractivity (Wildman–Crippen MR) is 76.4 cm³/mol. The molecular weight excluding hydrogens is 314 g/mol. The van der Waals surface area contributed by atoms with Crippen molar-refractivity contribution in [2.45, 2.75) is 6.42 Å². The van der Waals surface area contributed by atoms with Crippen LogP contribution in [0.2, 0.25) is 0 Å². The van der Waals surface area contributed by atoms with E-state index < -0.39 is 0 Å². The fraction of sp³-hybridized carbons (Fsp3) is 0.167. The van der Waals surface area contributed by atoms with Crippen LogP contribution < -0.4 is 5.32 Å². The van der Waals surface area contributed by atoms with E-state index in [1.807, 2.05) is 12.1 Å². The van der Waals surface area contributed by atoms with Gasteiger partial charge < -0.3 is 10.3 Å². The lowest BCUT2D eigenvalue weighted by Crippen LogP contribution is -2.23. The normalized spacial score (nSPS) is 10.9. The summed E-state index contributed by atoms with van der Waals surface area (Å²) in [5.74, 6) is -0.0842. The highest BCUT2D eigenvalue weighted by Crippen LogP contribution is 2.22. The summed E-state index contributed by atoms with van der Waals surface area (Å²) in [5, 5.41) is 2.82. The minimum Gasteiger partial charge on any atom is -0.352 e. The molecule has 0 bridgehead atoms. The van der Waals surface area contributed by atoms with Gasteiger partial charge in [0.15, 0.2) is 0 Å². The molecule has 0 spiro atoms. The van der Waals surface area contributed by atoms with Crippen LogP contribution in [0.4, 0.5) is 0 Å². The predicted octanol–water partition coefficient (Wildman–Crippen LogP) is 2.61. The van der Waals surface area contributed by atoms with Crippen molar-refractivity contribution in [2.24, 2.45) is 0 Å². The summed E-state index contributed by atoms with van der Waals surface area (Å²) >= 11 is 4.97. The molecule has 2 aromatic heterocycles. The Hall–Kier alpha value is -1.40. The van der Waals surface area contributed by atoms with Crippen molar-refractivity contribution < 1.29 is 4.79 Å². The van der Waals surface area contributed by atoms with E-state index in [1.165, 1.54) is 0 Å². The number of carbonyl (C=O) groups excluding carboxylic acids is 1. The summed E-state index contributed by atoms with van der Waals surface area (Å²) in [7, 11) is 0. The Bertz CT molecular complexity index is 533. The molecule has 0 fully saturated rings. The molecule has 6 heteroatoms. The Morgan fingerprint density at radius 1 is 1.56 bits per heavy atom. The number of aromatic amines is 1. The third-order valence-electron chi connectivity index (χ3n) is 2.24. The molecule has 0 saturated carbocycles. The zero-order valence-corrected chi connectivity index (χ0v) is 11.9. The van der Waals surface area contributed by atoms with Gasteiger partial charge in [-0.3, -0.25) is 4.79 Å². The zero-order chi connectivity index (χ0) is 12.8. The number of nitrogens with zero attached hydrogens (tertiary/aromatic N) is 1. The number of imidazole rings is 1. The number of hydrogen-bond donors (Lipinski definition) is 2. The van der Waals surface area contributed by atoms with Crippen molar-refractivity contribution in [1.29, 1.82) is 0 Å². The summed E-state index contributed by atoms with van der Waals surface area (Å²) in [5.41, 5.74) is 1.02. The lowest BCUT2D eigenvalue weighted by atomic mass is 10.3. The van der Waals surface area contributed by atoms with E-state index in [0.29, 0.717) is 6.54 Å². The summed E-state index contributed by atoms with van der Waals surface area (Å²) in [6.07, 6.45) is 7.49. The number of carbonyl (C=O) groups is 1. The molecule has 0 aromatic carbocycles. The molecule has 1 amide bonds. The average Bonchev–Trinajstić information content (AvgIpc) is 2.98. The molecule has 0 aliphatic carbocycles. The van der Waals surface area contributed by atoms with Crippen LogP contribution in [0, 0.1) is 0 Å². The molecule has 4 nitrogen and oxygen atoms in total. The molecule has 0 unspecified atom stereocenters. The van der Waals surface area contributed by atoms with Gasteiger partial charge in [-0.1, -0.05) is 0 Å². The van der Waals surface area contributed by atoms with Crippen molar-refractivity contribution in [3.63, 3.8) is 0 Å². The Morgan fingerprint density at radius 2 is 2.44 bits per heavy atom. The molecule has 0 radical (unpaired) electrons. The van der Waals surface area contributed by atoms with E-state index in [-0.39, 0.29) is 5.91 Å². The maximum Gasteiger partial charge on any atom is 0.244 e. The number of hydrogen-bond acceptors (Lipinski definition) is 3. The monoisotopic (exact) mass is 325 g/mol. The van der Waals surface area contributed by atoms with Crippen molar-refractivity contribution in [3.05, 3.63) is 45.1 Å². The molecule has 2 heterocycles. The number of aromatic nitrogens is 2. The number of nitrogens with one attached hydrogen (secondary N) is 2. The number of rotatable bonds is 5. The van der Waals surface area contributed by atoms with Crippen LogP contribution in [0.15, 0.2) is 34.5 Å². The van der Waals surface area contributed by atoms with Crippen LogP contribution in [0.3, 0.4) is 0 Å². The molecular formula is C12H12BrN3OS. The van der Waals surface area contributed by atoms with Gasteiger partial charge in [0.2, 0.25) is 5.91 Å². The first-order valence-electron chi connectivity index (χ1n) is 5.42. The molecule has 2 aromatic rings. The van der Waals surface area contributed by atoms with Crippen LogP contribution in [-0.4, -0.2) is 22.4 Å². The molecule has 0 saturated heterocycles. The zero-order valence-electron chi connectivity index (χ0n) is 9.52. The topological polar surface area (TPSA) is 57.8 Å². The second kappa shape index (κ2) is 6.51. The number of H-pyrrole nitrogens is 1. The van der Waals surface area contributed by atoms with Crippen LogP contribution in [0.1, 0.15) is 10.6 Å². The molecule has 94 valence electrons. The van der Waals surface area contributed by atoms with Gasteiger partial charge in [0.05, 0.1) is 10.1 Å². The van der Waals surface area contributed by atoms with Crippen LogP contribution in [0.25, 0.3) is 6.08 Å². The SMILES string of the molecule is O=C(C=Cc1ccc(Br)s1)NCCc1cnc[nH]1. The highest BCUT2D eigenvalue weighted by molar-refractivity contribution is 9.11. The van der Waals surface area contributed by atoms with E-state index >= 15 is 0 Å². The molecule has 0 aliphatic heterocycles. The van der Waals surface area contributed by atoms with E-state index in [4.69, 9.17) is 0 Å². The molecule has 0 atom stereocenters. The summed E-state index contributed by atoms with van der Waals surface area (Å²) < 4.78 is 1.06. The summed E-state index contributed by atoms with van der Waals surface area (Å²) in [4.78, 5) is 19.5. The second-order valence-electron chi connectivity index (χ2n) is 3.59. The minimum atomic E-state index is -0.0842. The van der Waals surface area contributed by atoms with Gasteiger partial charge in [-0.2, -0.15) is 0 Å². The lowest BCUT2D eigenvalue weighted by Gasteiger charge is -1.99. The first-order chi connectivity index (χ1) is 8.74. The quantitative estimate of drug-likeness (QED) is 0.830. The van der Waals surface area contributed by atoms with Crippen molar-refractivity contribution in [2.75, 3.05) is 6.54 Å². The van der Waals surface area contributed by atoms with E-state index in [0.717, 1.165) is 20.8 Å². The third-order valence-corrected chi connectivity index (χ3v) is 3.83. The lowest BCUT2D eigenvalue weighted by molar-refractivity contribution is -0.116. The molecule has 2 rings (SSSR count). The molecule has 18 heavy (non-hydrogen) atoms. The second-order valence-corrected chi connectivity index (χ2v) is 6.09. The van der Waals surface area contributed by atoms with Crippen LogP contribution in [-0.2, 0) is 11.2 Å². The van der Waals surface area contributed by atoms with Crippen LogP contribution in [0.5, 0.6) is 0 Å². The maximum absolute atomic E-state index is 11.5. The van der Waals surface area contributed by atoms with E-state index in [1.54, 1.807) is 36.0 Å². The number of thiophene rings is 1. The van der Waals surface area contributed by atoms with Gasteiger partial charge in [0, 0.05) is 35.8 Å². The van der Waals surface area contributed by atoms with Crippen molar-refractivity contribution >= 4 is 39.2 Å². The van der Waals surface area contributed by atoms with Gasteiger partial charge >= 0.3 is 0 Å². The van der Waals surface area contributed by atoms with Crippen LogP contribution >= 0.6 is 27.3 Å². The largest absolute Gasteiger partial charge is 0.352 e. The smallest absolute Gasteiger partial charge is 0.244 e. The van der Waals surface area contributed by atoms with Gasteiger partial charge in [-0.05, 0) is 34.1 Å². The van der Waals surface area contributed by atoms with Gasteiger partial charge in [0.1, 0.15) is 0 Å². The molecule has 0 aliphatic rings. The average molecular weight is 326 g/mol. The summed E-state index contributed by atoms with van der Waals surface area (Å²) in [6.45, 7) is 0.597. The summed E-state index contributed by atoms with van der Waals surface area (Å²) in [6, 6.07) is 3.92. The van der Waals surface area contributed by atoms with Crippen molar-refractivity contribution in [3.8, 4) is 0 Å². The Morgan fingerprint density at radius 3 is 3.11 bits per heavy atom. The Kier molecular flexibility index (Phi) is 4.72. The first-order valence-corrected chi connectivity index (χ1v) is 7.03. The highest BCUT2D eigenvalue weighted by atomic mass is 79.9. The highest BCUT2D eigenvalue weighted by Gasteiger charge is 1.98. The van der Waals surface area contributed by atoms with Gasteiger partial charge in [-0.25, -0.2) is 4.98 Å². The number of amides is 1. The third kappa shape index (κ3) is 4.12. The maximum atomic E-state index is 11.5. The van der Waals surface area contributed by atoms with Gasteiger partial charge in [-0.15, -0.1) is 11.3 Å². The minimum absolute atomic E-state index is 0.0842. The first kappa shape index (κ1) is 13.0. The Balaban J connectivity index is 1.73. The Labute approximate surface area is 117 Å². The van der Waals surface area contributed by atoms with E-state index in [2.05, 4.69) is 31.2 Å².